The number of ether oxygens (including phenoxy) is 2. The highest BCUT2D eigenvalue weighted by Crippen LogP contribution is 2.31. The van der Waals surface area contributed by atoms with E-state index in [1.165, 1.54) is 11.0 Å². The summed E-state index contributed by atoms with van der Waals surface area (Å²) in [5, 5.41) is 17.7. The Morgan fingerprint density at radius 1 is 1.07 bits per heavy atom. The molecule has 0 fully saturated rings. The van der Waals surface area contributed by atoms with Gasteiger partial charge in [0, 0.05) is 0 Å². The van der Waals surface area contributed by atoms with Gasteiger partial charge in [0.15, 0.2) is 22.6 Å². The molecule has 0 aliphatic carbocycles. The lowest BCUT2D eigenvalue weighted by Gasteiger charge is -2.03. The number of nitrogens with one attached hydrogen (secondary N) is 1. The molecule has 0 spiro atoms. The largest absolute Gasteiger partial charge is 0.454 e. The highest BCUT2D eigenvalue weighted by Gasteiger charge is 2.13. The zero-order valence-electron chi connectivity index (χ0n) is 14.1. The summed E-state index contributed by atoms with van der Waals surface area (Å²) in [7, 11) is 0. The summed E-state index contributed by atoms with van der Waals surface area (Å²) in [5.74, 6) is 1.41. The maximum Gasteiger partial charge on any atom is 0.231 e. The van der Waals surface area contributed by atoms with E-state index >= 15 is 0 Å². The van der Waals surface area contributed by atoms with Crippen molar-refractivity contribution in [2.45, 2.75) is 0 Å². The fourth-order valence-corrected chi connectivity index (χ4v) is 2.89. The fraction of sp³-hybridized carbons (Fsp3) is 0.0526. The zero-order chi connectivity index (χ0) is 18.2. The Bertz CT molecular complexity index is 1230. The number of hydrogen-bond donors (Lipinski definition) is 1. The number of hydrogen-bond acceptors (Lipinski definition) is 6. The second kappa shape index (κ2) is 6.10. The Morgan fingerprint density at radius 3 is 2.81 bits per heavy atom. The molecular formula is C19H14N6O2. The molecular weight excluding hydrogens is 344 g/mol. The first-order valence-electron chi connectivity index (χ1n) is 8.29. The molecule has 3 heterocycles. The van der Waals surface area contributed by atoms with Crippen molar-refractivity contribution in [3.8, 4) is 17.2 Å². The van der Waals surface area contributed by atoms with Crippen LogP contribution in [0.25, 0.3) is 16.7 Å². The van der Waals surface area contributed by atoms with E-state index in [0.29, 0.717) is 16.8 Å². The minimum atomic E-state index is 0.208. The van der Waals surface area contributed by atoms with Gasteiger partial charge in [-0.2, -0.15) is 10.2 Å². The van der Waals surface area contributed by atoms with Gasteiger partial charge in [0.1, 0.15) is 6.33 Å². The van der Waals surface area contributed by atoms with Crippen LogP contribution in [0.2, 0.25) is 0 Å². The van der Waals surface area contributed by atoms with Crippen molar-refractivity contribution in [2.75, 3.05) is 6.79 Å². The molecule has 5 rings (SSSR count). The van der Waals surface area contributed by atoms with Crippen molar-refractivity contribution >= 4 is 17.2 Å². The minimum absolute atomic E-state index is 0.208. The molecule has 1 aliphatic rings. The van der Waals surface area contributed by atoms with Crippen LogP contribution in [0, 0.1) is 5.41 Å². The molecule has 0 bridgehead atoms. The lowest BCUT2D eigenvalue weighted by atomic mass is 10.2. The second-order valence-electron chi connectivity index (χ2n) is 5.92. The number of para-hydroxylation sites is 1. The van der Waals surface area contributed by atoms with Crippen LogP contribution in [0.1, 0.15) is 5.56 Å². The van der Waals surface area contributed by atoms with Gasteiger partial charge in [0.05, 0.1) is 23.5 Å². The van der Waals surface area contributed by atoms with Gasteiger partial charge in [-0.25, -0.2) is 14.3 Å². The lowest BCUT2D eigenvalue weighted by molar-refractivity contribution is 0.174. The van der Waals surface area contributed by atoms with Crippen molar-refractivity contribution in [2.24, 2.45) is 5.10 Å². The number of benzene rings is 2. The third-order valence-electron chi connectivity index (χ3n) is 4.25. The monoisotopic (exact) mass is 358 g/mol. The van der Waals surface area contributed by atoms with Crippen molar-refractivity contribution < 1.29 is 9.47 Å². The third kappa shape index (κ3) is 2.63. The molecule has 0 unspecified atom stereocenters. The third-order valence-corrected chi connectivity index (χ3v) is 4.25. The van der Waals surface area contributed by atoms with Crippen molar-refractivity contribution in [3.05, 3.63) is 72.1 Å². The molecule has 132 valence electrons. The summed E-state index contributed by atoms with van der Waals surface area (Å²) in [6.07, 6.45) is 4.79. The summed E-state index contributed by atoms with van der Waals surface area (Å²) in [5.41, 5.74) is 2.55. The quantitative estimate of drug-likeness (QED) is 0.569. The molecule has 0 amide bonds. The van der Waals surface area contributed by atoms with E-state index in [9.17, 15) is 0 Å². The van der Waals surface area contributed by atoms with Gasteiger partial charge in [-0.1, -0.05) is 18.2 Å². The predicted molar refractivity (Wildman–Crippen MR) is 98.3 cm³/mol. The molecule has 2 aromatic heterocycles. The van der Waals surface area contributed by atoms with Crippen LogP contribution in [0.4, 0.5) is 0 Å². The molecule has 1 aliphatic heterocycles. The maximum absolute atomic E-state index is 8.41. The van der Waals surface area contributed by atoms with Crippen LogP contribution in [-0.2, 0) is 0 Å². The van der Waals surface area contributed by atoms with Crippen LogP contribution >= 0.6 is 0 Å². The first-order valence-corrected chi connectivity index (χ1v) is 8.29. The highest BCUT2D eigenvalue weighted by molar-refractivity contribution is 5.81. The smallest absolute Gasteiger partial charge is 0.231 e. The maximum atomic E-state index is 8.41. The van der Waals surface area contributed by atoms with Crippen molar-refractivity contribution in [1.82, 2.24) is 19.4 Å². The minimum Gasteiger partial charge on any atom is -0.454 e. The Labute approximate surface area is 153 Å². The molecule has 0 saturated heterocycles. The molecule has 0 radical (unpaired) electrons. The van der Waals surface area contributed by atoms with Crippen molar-refractivity contribution in [1.29, 1.82) is 5.41 Å². The first kappa shape index (κ1) is 15.3. The van der Waals surface area contributed by atoms with Crippen LogP contribution < -0.4 is 15.0 Å². The van der Waals surface area contributed by atoms with Gasteiger partial charge in [0.2, 0.25) is 6.79 Å². The van der Waals surface area contributed by atoms with Gasteiger partial charge in [-0.05, 0) is 35.9 Å². The summed E-state index contributed by atoms with van der Waals surface area (Å²) in [6, 6.07) is 15.2. The Balaban J connectivity index is 1.51. The fourth-order valence-electron chi connectivity index (χ4n) is 2.89. The molecule has 8 heteroatoms. The molecule has 1 N–H and O–H groups in total. The standard InChI is InChI=1S/C19H14N6O2/c20-18-15-10-23-25(14-4-2-1-3-5-14)19(15)21-11-24(18)22-9-13-6-7-16-17(8-13)27-12-26-16/h1-11,20H,12H2/b20-18?,22-9-. The van der Waals surface area contributed by atoms with Gasteiger partial charge >= 0.3 is 0 Å². The Hall–Kier alpha value is -3.94. The molecule has 0 atom stereocenters. The Morgan fingerprint density at radius 2 is 1.93 bits per heavy atom. The van der Waals surface area contributed by atoms with Gasteiger partial charge in [-0.3, -0.25) is 5.41 Å². The topological polar surface area (TPSA) is 90.3 Å². The number of nitrogens with zero attached hydrogens (tertiary/aromatic N) is 5. The van der Waals surface area contributed by atoms with Crippen LogP contribution in [-0.4, -0.2) is 32.4 Å². The summed E-state index contributed by atoms with van der Waals surface area (Å²) < 4.78 is 13.8. The normalized spacial score (nSPS) is 12.9. The first-order chi connectivity index (χ1) is 13.3. The number of rotatable bonds is 3. The van der Waals surface area contributed by atoms with Crippen molar-refractivity contribution in [3.63, 3.8) is 0 Å². The second-order valence-corrected chi connectivity index (χ2v) is 5.92. The summed E-state index contributed by atoms with van der Waals surface area (Å²) in [6.45, 7) is 0.230. The van der Waals surface area contributed by atoms with Crippen LogP contribution in [0.15, 0.2) is 66.2 Å². The van der Waals surface area contributed by atoms with Crippen LogP contribution in [0.5, 0.6) is 11.5 Å². The van der Waals surface area contributed by atoms with Crippen LogP contribution in [0.3, 0.4) is 0 Å². The summed E-state index contributed by atoms with van der Waals surface area (Å²) >= 11 is 0. The van der Waals surface area contributed by atoms with Gasteiger partial charge < -0.3 is 9.47 Å². The molecule has 8 nitrogen and oxygen atoms in total. The van der Waals surface area contributed by atoms with E-state index in [2.05, 4.69) is 15.2 Å². The number of fused-ring (bicyclic) bond motifs is 2. The van der Waals surface area contributed by atoms with E-state index in [0.717, 1.165) is 17.0 Å². The lowest BCUT2D eigenvalue weighted by Crippen LogP contribution is -2.17. The predicted octanol–water partition coefficient (Wildman–Crippen LogP) is 2.31. The molecule has 2 aromatic carbocycles. The van der Waals surface area contributed by atoms with E-state index in [1.54, 1.807) is 17.1 Å². The van der Waals surface area contributed by atoms with E-state index < -0.39 is 0 Å². The highest BCUT2D eigenvalue weighted by atomic mass is 16.7. The van der Waals surface area contributed by atoms with E-state index in [1.807, 2.05) is 48.5 Å². The van der Waals surface area contributed by atoms with E-state index in [4.69, 9.17) is 14.9 Å². The molecule has 27 heavy (non-hydrogen) atoms. The van der Waals surface area contributed by atoms with Gasteiger partial charge in [-0.15, -0.1) is 0 Å². The molecule has 0 saturated carbocycles. The molecule has 4 aromatic rings. The Kier molecular flexibility index (Phi) is 3.46. The van der Waals surface area contributed by atoms with Gasteiger partial charge in [0.25, 0.3) is 0 Å². The zero-order valence-corrected chi connectivity index (χ0v) is 14.1. The SMILES string of the molecule is N=c1c2cnn(-c3ccccc3)c2ncn1/N=C\c1ccc2c(c1)OCO2. The summed E-state index contributed by atoms with van der Waals surface area (Å²) in [4.78, 5) is 4.43. The average Bonchev–Trinajstić information content (AvgIpc) is 3.35. The van der Waals surface area contributed by atoms with E-state index in [-0.39, 0.29) is 12.3 Å². The average molecular weight is 358 g/mol. The number of aromatic nitrogens is 4.